The average Bonchev–Trinajstić information content (AvgIpc) is 2.88. The van der Waals surface area contributed by atoms with E-state index in [1.165, 1.54) is 12.1 Å². The Morgan fingerprint density at radius 1 is 1.00 bits per heavy atom. The summed E-state index contributed by atoms with van der Waals surface area (Å²) in [5, 5.41) is 10.6. The van der Waals surface area contributed by atoms with Crippen molar-refractivity contribution in [2.45, 2.75) is 25.9 Å². The maximum atomic E-state index is 13.2. The van der Waals surface area contributed by atoms with Crippen molar-refractivity contribution in [3.63, 3.8) is 0 Å². The van der Waals surface area contributed by atoms with Crippen molar-refractivity contribution >= 4 is 11.5 Å². The van der Waals surface area contributed by atoms with Crippen molar-refractivity contribution in [3.8, 4) is 5.75 Å². The summed E-state index contributed by atoms with van der Waals surface area (Å²) in [6, 6.07) is 22.1. The fourth-order valence-electron chi connectivity index (χ4n) is 4.40. The van der Waals surface area contributed by atoms with Crippen molar-refractivity contribution in [1.29, 1.82) is 0 Å². The first-order valence-corrected chi connectivity index (χ1v) is 12.2. The third-order valence-electron chi connectivity index (χ3n) is 6.38. The van der Waals surface area contributed by atoms with Crippen molar-refractivity contribution in [2.75, 3.05) is 44.2 Å². The van der Waals surface area contributed by atoms with Crippen molar-refractivity contribution in [3.05, 3.63) is 95.3 Å². The van der Waals surface area contributed by atoms with Crippen LogP contribution in [0.15, 0.2) is 72.8 Å². The van der Waals surface area contributed by atoms with Crippen LogP contribution >= 0.6 is 0 Å². The number of benzene rings is 3. The van der Waals surface area contributed by atoms with E-state index in [0.717, 1.165) is 43.0 Å². The van der Waals surface area contributed by atoms with Gasteiger partial charge >= 0.3 is 0 Å². The molecule has 1 aliphatic heterocycles. The van der Waals surface area contributed by atoms with Crippen molar-refractivity contribution in [1.82, 2.24) is 4.90 Å². The van der Waals surface area contributed by atoms with Crippen molar-refractivity contribution in [2.24, 2.45) is 0 Å². The molecular weight excluding hydrogens is 443 g/mol. The van der Waals surface area contributed by atoms with Gasteiger partial charge in [0.1, 0.15) is 24.3 Å². The lowest BCUT2D eigenvalue weighted by Gasteiger charge is -2.36. The zero-order valence-corrected chi connectivity index (χ0v) is 20.2. The molecule has 1 fully saturated rings. The molecule has 3 aromatic carbocycles. The van der Waals surface area contributed by atoms with E-state index in [2.05, 4.69) is 9.80 Å². The molecule has 4 rings (SSSR count). The molecule has 0 bridgehead atoms. The summed E-state index contributed by atoms with van der Waals surface area (Å²) in [7, 11) is 0. The number of hydrogen-bond acceptors (Lipinski definition) is 5. The molecule has 1 atom stereocenters. The van der Waals surface area contributed by atoms with Gasteiger partial charge in [0.25, 0.3) is 0 Å². The van der Waals surface area contributed by atoms with Crippen LogP contribution in [0.3, 0.4) is 0 Å². The molecule has 1 heterocycles. The van der Waals surface area contributed by atoms with Gasteiger partial charge in [0.05, 0.1) is 5.56 Å². The summed E-state index contributed by atoms with van der Waals surface area (Å²) in [6.45, 7) is 5.83. The zero-order chi connectivity index (χ0) is 24.6. The number of hydrogen-bond donors (Lipinski definition) is 1. The van der Waals surface area contributed by atoms with Gasteiger partial charge < -0.3 is 14.7 Å². The van der Waals surface area contributed by atoms with Gasteiger partial charge in [-0.2, -0.15) is 0 Å². The van der Waals surface area contributed by atoms with E-state index in [-0.39, 0.29) is 18.2 Å². The largest absolute Gasteiger partial charge is 0.490 e. The number of aliphatic hydroxyl groups excluding tert-OH is 1. The Morgan fingerprint density at radius 3 is 2.43 bits per heavy atom. The predicted octanol–water partition coefficient (Wildman–Crippen LogP) is 4.51. The molecule has 0 amide bonds. The number of piperazine rings is 1. The molecule has 1 saturated heterocycles. The fraction of sp³-hybridized carbons (Fsp3) is 0.345. The first-order valence-electron chi connectivity index (χ1n) is 12.2. The van der Waals surface area contributed by atoms with Crippen LogP contribution in [-0.4, -0.2) is 61.2 Å². The van der Waals surface area contributed by atoms with Gasteiger partial charge in [0, 0.05) is 44.8 Å². The molecule has 3 aromatic rings. The number of ketones is 1. The van der Waals surface area contributed by atoms with E-state index in [9.17, 15) is 14.3 Å². The Labute approximate surface area is 206 Å². The van der Waals surface area contributed by atoms with Gasteiger partial charge in [-0.25, -0.2) is 4.39 Å². The number of Topliss-reactive ketones (excluding diaryl/α,β-unsaturated/α-hetero) is 1. The summed E-state index contributed by atoms with van der Waals surface area (Å²) >= 11 is 0. The van der Waals surface area contributed by atoms with Gasteiger partial charge in [0.15, 0.2) is 5.78 Å². The second-order valence-corrected chi connectivity index (χ2v) is 9.14. The number of β-amino-alcohol motifs (C(OH)–C–C–N with tert-alkyl or cyclic N) is 1. The highest BCUT2D eigenvalue weighted by molar-refractivity contribution is 5.99. The number of aryl methyl sites for hydroxylation is 2. The van der Waals surface area contributed by atoms with Crippen LogP contribution in [0, 0.1) is 12.7 Å². The Bertz CT molecular complexity index is 1100. The summed E-state index contributed by atoms with van der Waals surface area (Å²) in [5.41, 5.74) is 3.71. The fourth-order valence-corrected chi connectivity index (χ4v) is 4.40. The third kappa shape index (κ3) is 7.13. The maximum absolute atomic E-state index is 13.2. The van der Waals surface area contributed by atoms with Crippen LogP contribution in [-0.2, 0) is 6.42 Å². The van der Waals surface area contributed by atoms with Crippen LogP contribution in [0.5, 0.6) is 5.75 Å². The van der Waals surface area contributed by atoms with Crippen LogP contribution in [0.1, 0.15) is 27.9 Å². The van der Waals surface area contributed by atoms with E-state index < -0.39 is 6.10 Å². The van der Waals surface area contributed by atoms with Crippen LogP contribution in [0.2, 0.25) is 0 Å². The lowest BCUT2D eigenvalue weighted by atomic mass is 10.0. The standard InChI is InChI=1S/C29H33FN2O3/c1-22-7-14-29(27(19-22)28(34)13-8-23-5-3-2-4-6-23)35-21-26(33)20-31-15-17-32(18-16-31)25-11-9-24(30)10-12-25/h2-7,9-12,14,19,26,33H,8,13,15-18,20-21H2,1H3/t26-/m1/s1. The summed E-state index contributed by atoms with van der Waals surface area (Å²) in [6.07, 6.45) is 0.422. The SMILES string of the molecule is Cc1ccc(OC[C@H](O)CN2CCN(c3ccc(F)cc3)CC2)c(C(=O)CCc2ccccc2)c1. The number of carbonyl (C=O) groups excluding carboxylic acids is 1. The summed E-state index contributed by atoms with van der Waals surface area (Å²) in [4.78, 5) is 17.4. The molecule has 0 aromatic heterocycles. The minimum absolute atomic E-state index is 0.0407. The van der Waals surface area contributed by atoms with E-state index in [1.807, 2.05) is 55.5 Å². The topological polar surface area (TPSA) is 53.0 Å². The molecule has 184 valence electrons. The smallest absolute Gasteiger partial charge is 0.166 e. The van der Waals surface area contributed by atoms with Crippen LogP contribution in [0.25, 0.3) is 0 Å². The lowest BCUT2D eigenvalue weighted by molar-refractivity contribution is 0.0655. The Balaban J connectivity index is 1.26. The van der Waals surface area contributed by atoms with Gasteiger partial charge in [-0.05, 0) is 55.3 Å². The predicted molar refractivity (Wildman–Crippen MR) is 137 cm³/mol. The van der Waals surface area contributed by atoms with Gasteiger partial charge in [-0.3, -0.25) is 9.69 Å². The van der Waals surface area contributed by atoms with Gasteiger partial charge in [-0.1, -0.05) is 42.0 Å². The number of rotatable bonds is 10. The summed E-state index contributed by atoms with van der Waals surface area (Å²) < 4.78 is 19.1. The Hall–Kier alpha value is -3.22. The molecule has 0 saturated carbocycles. The molecule has 1 N–H and O–H groups in total. The monoisotopic (exact) mass is 476 g/mol. The summed E-state index contributed by atoms with van der Waals surface area (Å²) in [5.74, 6) is 0.331. The highest BCUT2D eigenvalue weighted by atomic mass is 19.1. The van der Waals surface area contributed by atoms with E-state index in [4.69, 9.17) is 4.74 Å². The molecule has 35 heavy (non-hydrogen) atoms. The lowest BCUT2D eigenvalue weighted by Crippen LogP contribution is -2.49. The molecule has 5 nitrogen and oxygen atoms in total. The van der Waals surface area contributed by atoms with Crippen LogP contribution < -0.4 is 9.64 Å². The normalized spacial score (nSPS) is 15.1. The highest BCUT2D eigenvalue weighted by Crippen LogP contribution is 2.23. The third-order valence-corrected chi connectivity index (χ3v) is 6.38. The molecule has 0 spiro atoms. The second-order valence-electron chi connectivity index (χ2n) is 9.14. The highest BCUT2D eigenvalue weighted by Gasteiger charge is 2.21. The molecule has 0 unspecified atom stereocenters. The molecule has 1 aliphatic rings. The zero-order valence-electron chi connectivity index (χ0n) is 20.2. The first kappa shape index (κ1) is 24.9. The number of nitrogens with zero attached hydrogens (tertiary/aromatic N) is 2. The maximum Gasteiger partial charge on any atom is 0.166 e. The van der Waals surface area contributed by atoms with E-state index in [0.29, 0.717) is 30.7 Å². The minimum atomic E-state index is -0.666. The number of ether oxygens (including phenoxy) is 1. The van der Waals surface area contributed by atoms with Crippen molar-refractivity contribution < 1.29 is 19.0 Å². The van der Waals surface area contributed by atoms with Gasteiger partial charge in [0.2, 0.25) is 0 Å². The molecule has 0 aliphatic carbocycles. The Kier molecular flexibility index (Phi) is 8.50. The Morgan fingerprint density at radius 2 is 1.71 bits per heavy atom. The van der Waals surface area contributed by atoms with Gasteiger partial charge in [-0.15, -0.1) is 0 Å². The molecular formula is C29H33FN2O3. The first-order chi connectivity index (χ1) is 17.0. The second kappa shape index (κ2) is 12.0. The van der Waals surface area contributed by atoms with E-state index >= 15 is 0 Å². The quantitative estimate of drug-likeness (QED) is 0.437. The molecule has 6 heteroatoms. The molecule has 0 radical (unpaired) electrons. The number of halogens is 1. The number of carbonyl (C=O) groups is 1. The van der Waals surface area contributed by atoms with E-state index in [1.54, 1.807) is 12.1 Å². The number of anilines is 1. The van der Waals surface area contributed by atoms with Crippen LogP contribution in [0.4, 0.5) is 10.1 Å². The minimum Gasteiger partial charge on any atom is -0.490 e. The number of aliphatic hydroxyl groups is 1. The average molecular weight is 477 g/mol.